The first-order valence-electron chi connectivity index (χ1n) is 8.58. The molecule has 1 N–H and O–H groups in total. The molecule has 7 heteroatoms. The minimum Gasteiger partial charge on any atom is -0.352 e. The molecule has 1 atom stereocenters. The van der Waals surface area contributed by atoms with Crippen LogP contribution in [0.4, 0.5) is 4.39 Å². The van der Waals surface area contributed by atoms with Crippen molar-refractivity contribution in [1.29, 1.82) is 0 Å². The number of fused-ring (bicyclic) bond motifs is 1. The Morgan fingerprint density at radius 1 is 1.22 bits per heavy atom. The van der Waals surface area contributed by atoms with Crippen molar-refractivity contribution in [2.75, 3.05) is 6.54 Å². The molecule has 0 spiro atoms. The second-order valence-corrected chi connectivity index (χ2v) is 6.93. The Balaban J connectivity index is 1.76. The quantitative estimate of drug-likeness (QED) is 0.748. The summed E-state index contributed by atoms with van der Waals surface area (Å²) in [5.74, 6) is -0.613. The Hall–Kier alpha value is -2.86. The van der Waals surface area contributed by atoms with Gasteiger partial charge in [-0.2, -0.15) is 5.10 Å². The molecule has 0 unspecified atom stereocenters. The molecule has 2 aromatic heterocycles. The highest BCUT2D eigenvalue weighted by Crippen LogP contribution is 2.30. The lowest BCUT2D eigenvalue weighted by Gasteiger charge is -2.19. The Labute approximate surface area is 160 Å². The van der Waals surface area contributed by atoms with Crippen molar-refractivity contribution < 1.29 is 9.18 Å². The van der Waals surface area contributed by atoms with E-state index in [0.29, 0.717) is 34.9 Å². The van der Waals surface area contributed by atoms with Gasteiger partial charge in [-0.15, -0.1) is 5.10 Å². The first-order valence-corrected chi connectivity index (χ1v) is 8.96. The molecule has 5 nitrogen and oxygen atoms in total. The molecular weight excluding hydrogens is 367 g/mol. The molecule has 4 rings (SSSR count). The molecule has 0 bridgehead atoms. The van der Waals surface area contributed by atoms with E-state index in [-0.39, 0.29) is 17.6 Å². The lowest BCUT2D eigenvalue weighted by atomic mass is 9.92. The van der Waals surface area contributed by atoms with Crippen molar-refractivity contribution in [1.82, 2.24) is 20.5 Å². The van der Waals surface area contributed by atoms with Crippen LogP contribution < -0.4 is 5.32 Å². The van der Waals surface area contributed by atoms with Gasteiger partial charge in [-0.25, -0.2) is 4.39 Å². The van der Waals surface area contributed by atoms with E-state index in [2.05, 4.69) is 20.5 Å². The zero-order chi connectivity index (χ0) is 19.0. The monoisotopic (exact) mass is 382 g/mol. The number of carbonyl (C=O) groups is 1. The van der Waals surface area contributed by atoms with Gasteiger partial charge in [0.2, 0.25) is 0 Å². The Kier molecular flexibility index (Phi) is 4.58. The molecule has 0 radical (unpaired) electrons. The maximum Gasteiger partial charge on any atom is 0.251 e. The third-order valence-corrected chi connectivity index (χ3v) is 4.98. The molecule has 1 aliphatic rings. The molecule has 1 aromatic carbocycles. The van der Waals surface area contributed by atoms with Gasteiger partial charge in [0, 0.05) is 29.2 Å². The molecule has 27 heavy (non-hydrogen) atoms. The number of amides is 1. The van der Waals surface area contributed by atoms with Gasteiger partial charge < -0.3 is 5.32 Å². The van der Waals surface area contributed by atoms with Crippen LogP contribution in [0.1, 0.15) is 39.9 Å². The molecule has 0 saturated heterocycles. The number of rotatable bonds is 3. The molecule has 1 aliphatic heterocycles. The number of nitrogens with zero attached hydrogens (tertiary/aromatic N) is 3. The van der Waals surface area contributed by atoms with Gasteiger partial charge >= 0.3 is 0 Å². The van der Waals surface area contributed by atoms with Crippen LogP contribution in [0, 0.1) is 5.82 Å². The SMILES string of the molecule is C[C@@H](c1cc(F)cc(Cl)c1)c1cnnc(-c2nccc3c2CCNC3=O)c1. The lowest BCUT2D eigenvalue weighted by molar-refractivity contribution is 0.0946. The van der Waals surface area contributed by atoms with Gasteiger partial charge in [0.05, 0.1) is 11.9 Å². The van der Waals surface area contributed by atoms with E-state index >= 15 is 0 Å². The Morgan fingerprint density at radius 3 is 2.89 bits per heavy atom. The number of hydrogen-bond donors (Lipinski definition) is 1. The number of aromatic nitrogens is 3. The van der Waals surface area contributed by atoms with E-state index in [0.717, 1.165) is 16.7 Å². The van der Waals surface area contributed by atoms with Crippen LogP contribution in [-0.2, 0) is 6.42 Å². The van der Waals surface area contributed by atoms with Crippen LogP contribution in [-0.4, -0.2) is 27.6 Å². The van der Waals surface area contributed by atoms with Crippen molar-refractivity contribution in [3.63, 3.8) is 0 Å². The average Bonchev–Trinajstić information content (AvgIpc) is 2.67. The van der Waals surface area contributed by atoms with Crippen LogP contribution in [0.5, 0.6) is 0 Å². The number of hydrogen-bond acceptors (Lipinski definition) is 4. The van der Waals surface area contributed by atoms with E-state index in [4.69, 9.17) is 11.6 Å². The van der Waals surface area contributed by atoms with Crippen molar-refractivity contribution in [2.45, 2.75) is 19.3 Å². The van der Waals surface area contributed by atoms with Crippen LogP contribution in [0.15, 0.2) is 42.7 Å². The van der Waals surface area contributed by atoms with E-state index in [9.17, 15) is 9.18 Å². The lowest BCUT2D eigenvalue weighted by Crippen LogP contribution is -2.32. The van der Waals surface area contributed by atoms with Crippen LogP contribution in [0.2, 0.25) is 5.02 Å². The fraction of sp³-hybridized carbons (Fsp3) is 0.200. The van der Waals surface area contributed by atoms with Crippen LogP contribution >= 0.6 is 11.6 Å². The molecule has 0 aliphatic carbocycles. The third-order valence-electron chi connectivity index (χ3n) is 4.76. The van der Waals surface area contributed by atoms with Gasteiger partial charge in [0.25, 0.3) is 5.91 Å². The molecule has 1 amide bonds. The predicted molar refractivity (Wildman–Crippen MR) is 100 cm³/mol. The fourth-order valence-corrected chi connectivity index (χ4v) is 3.56. The first kappa shape index (κ1) is 17.5. The highest BCUT2D eigenvalue weighted by Gasteiger charge is 2.22. The number of halogens is 2. The van der Waals surface area contributed by atoms with Gasteiger partial charge in [0.1, 0.15) is 11.5 Å². The summed E-state index contributed by atoms with van der Waals surface area (Å²) in [5, 5.41) is 11.5. The Bertz CT molecular complexity index is 1020. The summed E-state index contributed by atoms with van der Waals surface area (Å²) in [6.07, 6.45) is 3.93. The molecular formula is C20H16ClFN4O. The smallest absolute Gasteiger partial charge is 0.251 e. The second kappa shape index (κ2) is 7.04. The normalized spacial score (nSPS) is 14.4. The van der Waals surface area contributed by atoms with Crippen molar-refractivity contribution in [3.05, 3.63) is 75.8 Å². The molecule has 136 valence electrons. The zero-order valence-corrected chi connectivity index (χ0v) is 15.3. The predicted octanol–water partition coefficient (Wildman–Crippen LogP) is 3.77. The number of pyridine rings is 1. The molecule has 0 fully saturated rings. The molecule has 0 saturated carbocycles. The minimum absolute atomic E-state index is 0.105. The van der Waals surface area contributed by atoms with Gasteiger partial charge in [-0.3, -0.25) is 9.78 Å². The van der Waals surface area contributed by atoms with Gasteiger partial charge in [-0.05, 0) is 53.4 Å². The van der Waals surface area contributed by atoms with Crippen molar-refractivity contribution >= 4 is 17.5 Å². The topological polar surface area (TPSA) is 67.8 Å². The van der Waals surface area contributed by atoms with E-state index in [1.807, 2.05) is 13.0 Å². The standard InChI is InChI=1S/C20H16ClFN4O/c1-11(12-6-14(21)9-15(22)7-12)13-8-18(26-25-10-13)19-16-2-5-24-20(27)17(16)3-4-23-19/h3-4,6-11H,2,5H2,1H3,(H,24,27)/t11-/m0/s1. The van der Waals surface area contributed by atoms with Gasteiger partial charge in [-0.1, -0.05) is 18.5 Å². The number of nitrogens with one attached hydrogen (secondary N) is 1. The first-order chi connectivity index (χ1) is 13.0. The van der Waals surface area contributed by atoms with Crippen molar-refractivity contribution in [3.8, 4) is 11.4 Å². The second-order valence-electron chi connectivity index (χ2n) is 6.49. The summed E-state index contributed by atoms with van der Waals surface area (Å²) in [6.45, 7) is 2.52. The molecule has 3 aromatic rings. The van der Waals surface area contributed by atoms with Crippen LogP contribution in [0.25, 0.3) is 11.4 Å². The highest BCUT2D eigenvalue weighted by molar-refractivity contribution is 6.30. The van der Waals surface area contributed by atoms with Crippen LogP contribution in [0.3, 0.4) is 0 Å². The minimum atomic E-state index is -0.378. The van der Waals surface area contributed by atoms with Crippen molar-refractivity contribution in [2.24, 2.45) is 0 Å². The largest absolute Gasteiger partial charge is 0.352 e. The zero-order valence-electron chi connectivity index (χ0n) is 14.5. The summed E-state index contributed by atoms with van der Waals surface area (Å²) in [5.41, 5.74) is 4.34. The number of carbonyl (C=O) groups excluding carboxylic acids is 1. The summed E-state index contributed by atoms with van der Waals surface area (Å²) in [4.78, 5) is 16.5. The van der Waals surface area contributed by atoms with E-state index in [1.54, 1.807) is 24.5 Å². The Morgan fingerprint density at radius 2 is 2.07 bits per heavy atom. The van der Waals surface area contributed by atoms with Gasteiger partial charge in [0.15, 0.2) is 0 Å². The third kappa shape index (κ3) is 3.40. The summed E-state index contributed by atoms with van der Waals surface area (Å²) in [6, 6.07) is 8.07. The van der Waals surface area contributed by atoms with E-state index in [1.165, 1.54) is 12.1 Å². The summed E-state index contributed by atoms with van der Waals surface area (Å²) >= 11 is 5.99. The maximum atomic E-state index is 13.7. The maximum absolute atomic E-state index is 13.7. The number of benzene rings is 1. The summed E-state index contributed by atoms with van der Waals surface area (Å²) < 4.78 is 13.7. The average molecular weight is 383 g/mol. The fourth-order valence-electron chi connectivity index (χ4n) is 3.33. The van der Waals surface area contributed by atoms with E-state index < -0.39 is 0 Å². The highest BCUT2D eigenvalue weighted by atomic mass is 35.5. The molecule has 3 heterocycles. The summed E-state index contributed by atoms with van der Waals surface area (Å²) in [7, 11) is 0.